The van der Waals surface area contributed by atoms with E-state index in [9.17, 15) is 4.39 Å². The Kier molecular flexibility index (Phi) is 3.44. The third-order valence-electron chi connectivity index (χ3n) is 3.72. The largest absolute Gasteiger partial charge is 0.348 e. The first kappa shape index (κ1) is 13.1. The molecule has 1 aromatic carbocycles. The fourth-order valence-corrected chi connectivity index (χ4v) is 2.97. The Hall–Kier alpha value is -1.88. The molecule has 0 amide bonds. The van der Waals surface area contributed by atoms with Gasteiger partial charge in [-0.3, -0.25) is 0 Å². The molecule has 1 atom stereocenters. The molecule has 3 nitrogen and oxygen atoms in total. The number of para-hydroxylation sites is 1. The zero-order valence-corrected chi connectivity index (χ0v) is 12.0. The maximum Gasteiger partial charge on any atom is 0.174 e. The van der Waals surface area contributed by atoms with Gasteiger partial charge in [0.15, 0.2) is 5.11 Å². The summed E-state index contributed by atoms with van der Waals surface area (Å²) in [5.74, 6) is -0.289. The van der Waals surface area contributed by atoms with Crippen molar-refractivity contribution < 1.29 is 4.39 Å². The van der Waals surface area contributed by atoms with Gasteiger partial charge in [-0.15, -0.1) is 0 Å². The Bertz CT molecular complexity index is 638. The Morgan fingerprint density at radius 1 is 1.25 bits per heavy atom. The fraction of sp³-hybridized carbons (Fsp3) is 0.267. The van der Waals surface area contributed by atoms with Crippen LogP contribution in [0.3, 0.4) is 0 Å². The van der Waals surface area contributed by atoms with Crippen molar-refractivity contribution in [3.8, 4) is 0 Å². The Balaban J connectivity index is 1.77. The first-order valence-electron chi connectivity index (χ1n) is 6.64. The smallest absolute Gasteiger partial charge is 0.174 e. The zero-order chi connectivity index (χ0) is 14.1. The van der Waals surface area contributed by atoms with Gasteiger partial charge in [0, 0.05) is 25.0 Å². The van der Waals surface area contributed by atoms with Gasteiger partial charge in [-0.1, -0.05) is 12.1 Å². The lowest BCUT2D eigenvalue weighted by Gasteiger charge is -2.36. The summed E-state index contributed by atoms with van der Waals surface area (Å²) < 4.78 is 15.9. The van der Waals surface area contributed by atoms with Crippen molar-refractivity contribution in [3.63, 3.8) is 0 Å². The Morgan fingerprint density at radius 2 is 2.05 bits per heavy atom. The highest BCUT2D eigenvalue weighted by Crippen LogP contribution is 2.26. The van der Waals surface area contributed by atoms with Crippen molar-refractivity contribution in [2.75, 3.05) is 11.9 Å². The molecule has 1 N–H and O–H groups in total. The van der Waals surface area contributed by atoms with Crippen molar-refractivity contribution in [1.82, 2.24) is 9.47 Å². The van der Waals surface area contributed by atoms with Crippen LogP contribution in [0.2, 0.25) is 0 Å². The molecule has 104 valence electrons. The van der Waals surface area contributed by atoms with E-state index >= 15 is 0 Å². The second kappa shape index (κ2) is 5.25. The number of benzene rings is 1. The summed E-state index contributed by atoms with van der Waals surface area (Å²) in [6.07, 6.45) is 2.08. The summed E-state index contributed by atoms with van der Waals surface area (Å²) in [6.45, 7) is 3.83. The van der Waals surface area contributed by atoms with Gasteiger partial charge in [0.2, 0.25) is 0 Å². The molecule has 0 aliphatic carbocycles. The second-order valence-corrected chi connectivity index (χ2v) is 5.29. The number of aromatic nitrogens is 1. The minimum Gasteiger partial charge on any atom is -0.348 e. The fourth-order valence-electron chi connectivity index (χ4n) is 2.61. The molecule has 0 spiro atoms. The Morgan fingerprint density at radius 3 is 2.85 bits per heavy atom. The second-order valence-electron chi connectivity index (χ2n) is 4.91. The van der Waals surface area contributed by atoms with Crippen LogP contribution in [0.4, 0.5) is 10.1 Å². The lowest BCUT2D eigenvalue weighted by atomic mass is 10.1. The van der Waals surface area contributed by atoms with Gasteiger partial charge in [0.25, 0.3) is 0 Å². The first-order valence-corrected chi connectivity index (χ1v) is 7.05. The third kappa shape index (κ3) is 2.29. The summed E-state index contributed by atoms with van der Waals surface area (Å²) in [5, 5.41) is 3.57. The average molecular weight is 289 g/mol. The standard InChI is InChI=1S/C15H16FN3S/c1-11-14-7-4-8-18(14)9-10-19(11)15(20)17-13-6-3-2-5-12(13)16/h2-8,11H,9-10H2,1H3,(H,17,20)/t11-/m1/s1. The molecule has 0 saturated heterocycles. The van der Waals surface area contributed by atoms with Gasteiger partial charge in [0.1, 0.15) is 5.82 Å². The van der Waals surface area contributed by atoms with E-state index in [-0.39, 0.29) is 11.9 Å². The molecule has 5 heteroatoms. The first-order chi connectivity index (χ1) is 9.66. The molecule has 1 aromatic heterocycles. The number of thiocarbonyl (C=S) groups is 1. The molecule has 1 aliphatic rings. The van der Waals surface area contributed by atoms with Crippen LogP contribution >= 0.6 is 12.2 Å². The molecule has 0 unspecified atom stereocenters. The summed E-state index contributed by atoms with van der Waals surface area (Å²) in [4.78, 5) is 2.09. The van der Waals surface area contributed by atoms with Crippen molar-refractivity contribution in [1.29, 1.82) is 0 Å². The lowest BCUT2D eigenvalue weighted by Crippen LogP contribution is -2.42. The van der Waals surface area contributed by atoms with Crippen LogP contribution in [0.1, 0.15) is 18.7 Å². The molecule has 0 fully saturated rings. The molecule has 1 aliphatic heterocycles. The highest BCUT2D eigenvalue weighted by atomic mass is 32.1. The lowest BCUT2D eigenvalue weighted by molar-refractivity contribution is 0.276. The highest BCUT2D eigenvalue weighted by molar-refractivity contribution is 7.80. The van der Waals surface area contributed by atoms with Crippen molar-refractivity contribution in [2.45, 2.75) is 19.5 Å². The van der Waals surface area contributed by atoms with Gasteiger partial charge >= 0.3 is 0 Å². The summed E-state index contributed by atoms with van der Waals surface area (Å²) >= 11 is 5.43. The molecule has 0 saturated carbocycles. The minimum atomic E-state index is -0.289. The molecule has 3 rings (SSSR count). The van der Waals surface area contributed by atoms with Crippen LogP contribution in [0, 0.1) is 5.82 Å². The van der Waals surface area contributed by atoms with E-state index in [1.54, 1.807) is 18.2 Å². The van der Waals surface area contributed by atoms with Gasteiger partial charge in [-0.2, -0.15) is 0 Å². The normalized spacial score (nSPS) is 17.7. The SMILES string of the molecule is C[C@@H]1c2cccn2CCN1C(=S)Nc1ccccc1F. The number of nitrogens with zero attached hydrogens (tertiary/aromatic N) is 2. The van der Waals surface area contributed by atoms with E-state index in [0.29, 0.717) is 10.8 Å². The van der Waals surface area contributed by atoms with E-state index in [0.717, 1.165) is 13.1 Å². The van der Waals surface area contributed by atoms with Gasteiger partial charge in [-0.05, 0) is 43.4 Å². The number of anilines is 1. The third-order valence-corrected chi connectivity index (χ3v) is 4.05. The molecule has 2 heterocycles. The number of halogens is 1. The summed E-state index contributed by atoms with van der Waals surface area (Å²) in [7, 11) is 0. The molecule has 0 bridgehead atoms. The van der Waals surface area contributed by atoms with Crippen LogP contribution in [0.15, 0.2) is 42.6 Å². The number of hydrogen-bond donors (Lipinski definition) is 1. The quantitative estimate of drug-likeness (QED) is 0.813. The number of hydrogen-bond acceptors (Lipinski definition) is 1. The molecule has 0 radical (unpaired) electrons. The molecular formula is C15H16FN3S. The van der Waals surface area contributed by atoms with E-state index in [1.807, 2.05) is 6.07 Å². The predicted molar refractivity (Wildman–Crippen MR) is 82.2 cm³/mol. The molecule has 20 heavy (non-hydrogen) atoms. The molecule has 2 aromatic rings. The van der Waals surface area contributed by atoms with Crippen LogP contribution in [0.25, 0.3) is 0 Å². The van der Waals surface area contributed by atoms with Crippen LogP contribution < -0.4 is 5.32 Å². The van der Waals surface area contributed by atoms with E-state index in [1.165, 1.54) is 11.8 Å². The maximum atomic E-state index is 13.7. The summed E-state index contributed by atoms with van der Waals surface area (Å²) in [6, 6.07) is 10.9. The predicted octanol–water partition coefficient (Wildman–Crippen LogP) is 3.40. The van der Waals surface area contributed by atoms with E-state index < -0.39 is 0 Å². The number of fused-ring (bicyclic) bond motifs is 1. The Labute approximate surface area is 123 Å². The van der Waals surface area contributed by atoms with Crippen molar-refractivity contribution in [2.24, 2.45) is 0 Å². The van der Waals surface area contributed by atoms with Crippen LogP contribution in [-0.2, 0) is 6.54 Å². The van der Waals surface area contributed by atoms with E-state index in [2.05, 4.69) is 34.0 Å². The summed E-state index contributed by atoms with van der Waals surface area (Å²) in [5.41, 5.74) is 1.65. The van der Waals surface area contributed by atoms with Crippen LogP contribution in [0.5, 0.6) is 0 Å². The number of rotatable bonds is 1. The topological polar surface area (TPSA) is 20.2 Å². The van der Waals surface area contributed by atoms with Gasteiger partial charge in [0.05, 0.1) is 11.7 Å². The van der Waals surface area contributed by atoms with Crippen molar-refractivity contribution in [3.05, 3.63) is 54.1 Å². The number of nitrogens with one attached hydrogen (secondary N) is 1. The monoisotopic (exact) mass is 289 g/mol. The van der Waals surface area contributed by atoms with Crippen LogP contribution in [-0.4, -0.2) is 21.1 Å². The highest BCUT2D eigenvalue weighted by Gasteiger charge is 2.25. The maximum absolute atomic E-state index is 13.7. The minimum absolute atomic E-state index is 0.186. The average Bonchev–Trinajstić information content (AvgIpc) is 2.91. The van der Waals surface area contributed by atoms with Crippen molar-refractivity contribution >= 4 is 23.0 Å². The molecular weight excluding hydrogens is 273 g/mol. The van der Waals surface area contributed by atoms with Gasteiger partial charge < -0.3 is 14.8 Å². The van der Waals surface area contributed by atoms with E-state index in [4.69, 9.17) is 12.2 Å². The van der Waals surface area contributed by atoms with Gasteiger partial charge in [-0.25, -0.2) is 4.39 Å². The zero-order valence-electron chi connectivity index (χ0n) is 11.2.